The summed E-state index contributed by atoms with van der Waals surface area (Å²) in [6.45, 7) is 8.10. The Labute approximate surface area is 141 Å². The molecule has 0 saturated carbocycles. The molecule has 1 amide bonds. The molecule has 5 nitrogen and oxygen atoms in total. The maximum Gasteiger partial charge on any atom is 0.237 e. The van der Waals surface area contributed by atoms with Crippen molar-refractivity contribution in [3.63, 3.8) is 0 Å². The van der Waals surface area contributed by atoms with Gasteiger partial charge in [0.2, 0.25) is 5.91 Å². The quantitative estimate of drug-likeness (QED) is 0.818. The van der Waals surface area contributed by atoms with E-state index in [-0.39, 0.29) is 11.2 Å². The van der Waals surface area contributed by atoms with E-state index in [4.69, 9.17) is 0 Å². The van der Waals surface area contributed by atoms with E-state index >= 15 is 0 Å². The smallest absolute Gasteiger partial charge is 0.237 e. The van der Waals surface area contributed by atoms with E-state index < -0.39 is 0 Å². The molecule has 0 aliphatic rings. The van der Waals surface area contributed by atoms with E-state index in [1.165, 1.54) is 17.3 Å². The van der Waals surface area contributed by atoms with Gasteiger partial charge in [-0.1, -0.05) is 43.8 Å². The Morgan fingerprint density at radius 3 is 2.61 bits per heavy atom. The largest absolute Gasteiger partial charge is 0.325 e. The lowest BCUT2D eigenvalue weighted by atomic mass is 9.97. The molecule has 1 aromatic heterocycles. The topological polar surface area (TPSA) is 59.8 Å². The van der Waals surface area contributed by atoms with Gasteiger partial charge in [0, 0.05) is 12.7 Å². The van der Waals surface area contributed by atoms with Crippen molar-refractivity contribution in [1.82, 2.24) is 14.8 Å². The number of amides is 1. The molecule has 0 spiro atoms. The minimum Gasteiger partial charge on any atom is -0.325 e. The Balaban J connectivity index is 2.08. The second-order valence-electron chi connectivity index (χ2n) is 5.73. The number of rotatable bonds is 6. The lowest BCUT2D eigenvalue weighted by Crippen LogP contribution is -2.23. The molecule has 2 atom stereocenters. The highest BCUT2D eigenvalue weighted by Crippen LogP contribution is 2.28. The van der Waals surface area contributed by atoms with Crippen molar-refractivity contribution in [3.05, 3.63) is 35.7 Å². The van der Waals surface area contributed by atoms with Crippen molar-refractivity contribution in [2.75, 3.05) is 5.32 Å². The molecule has 6 heteroatoms. The van der Waals surface area contributed by atoms with Crippen molar-refractivity contribution in [2.45, 2.75) is 50.4 Å². The van der Waals surface area contributed by atoms with Gasteiger partial charge >= 0.3 is 0 Å². The zero-order valence-electron chi connectivity index (χ0n) is 14.3. The van der Waals surface area contributed by atoms with Gasteiger partial charge in [-0.3, -0.25) is 4.79 Å². The number of nitrogens with zero attached hydrogens (tertiary/aromatic N) is 3. The first kappa shape index (κ1) is 17.5. The van der Waals surface area contributed by atoms with Crippen LogP contribution in [0.1, 0.15) is 44.5 Å². The summed E-state index contributed by atoms with van der Waals surface area (Å²) in [6.07, 6.45) is 1.04. The number of carbonyl (C=O) groups excluding carboxylic acids is 1. The molecule has 0 aliphatic carbocycles. The normalized spacial score (nSPS) is 13.6. The third-order valence-corrected chi connectivity index (χ3v) is 5.20. The molecule has 0 unspecified atom stereocenters. The van der Waals surface area contributed by atoms with Crippen molar-refractivity contribution < 1.29 is 4.79 Å². The molecule has 2 aromatic rings. The summed E-state index contributed by atoms with van der Waals surface area (Å²) in [5, 5.41) is 11.7. The minimum atomic E-state index is -0.248. The van der Waals surface area contributed by atoms with Gasteiger partial charge in [0.25, 0.3) is 0 Å². The van der Waals surface area contributed by atoms with Gasteiger partial charge in [0.15, 0.2) is 5.16 Å². The standard InChI is InChI=1S/C17H24N4OS/c1-6-11(2)14-9-7-8-10-15(14)18-16(22)12(3)23-17-20-19-13(4)21(17)5/h7-12H,6H2,1-5H3,(H,18,22)/t11-,12-/m1/s1. The van der Waals surface area contributed by atoms with Gasteiger partial charge in [-0.05, 0) is 37.8 Å². The fraction of sp³-hybridized carbons (Fsp3) is 0.471. The fourth-order valence-electron chi connectivity index (χ4n) is 2.20. The number of anilines is 1. The molecule has 0 aliphatic heterocycles. The Hall–Kier alpha value is -1.82. The minimum absolute atomic E-state index is 0.0218. The molecule has 0 bridgehead atoms. The van der Waals surface area contributed by atoms with E-state index in [1.54, 1.807) is 0 Å². The molecule has 1 aromatic carbocycles. The van der Waals surface area contributed by atoms with E-state index in [0.717, 1.165) is 23.1 Å². The summed E-state index contributed by atoms with van der Waals surface area (Å²) in [5.41, 5.74) is 2.07. The molecule has 1 N–H and O–H groups in total. The number of hydrogen-bond donors (Lipinski definition) is 1. The van der Waals surface area contributed by atoms with E-state index in [0.29, 0.717) is 5.92 Å². The van der Waals surface area contributed by atoms with E-state index in [2.05, 4.69) is 35.4 Å². The van der Waals surface area contributed by atoms with Gasteiger partial charge in [0.1, 0.15) is 5.82 Å². The number of benzene rings is 1. The molecule has 0 radical (unpaired) electrons. The van der Waals surface area contributed by atoms with Crippen LogP contribution in [-0.4, -0.2) is 25.9 Å². The second-order valence-corrected chi connectivity index (χ2v) is 7.04. The van der Waals surface area contributed by atoms with Crippen LogP contribution < -0.4 is 5.32 Å². The zero-order chi connectivity index (χ0) is 17.0. The van der Waals surface area contributed by atoms with E-state index in [9.17, 15) is 4.79 Å². The summed E-state index contributed by atoms with van der Waals surface area (Å²) in [4.78, 5) is 12.5. The number of nitrogens with one attached hydrogen (secondary N) is 1. The van der Waals surface area contributed by atoms with Crippen LogP contribution in [-0.2, 0) is 11.8 Å². The molecule has 23 heavy (non-hydrogen) atoms. The average molecular weight is 332 g/mol. The highest BCUT2D eigenvalue weighted by molar-refractivity contribution is 8.00. The Kier molecular flexibility index (Phi) is 5.82. The Morgan fingerprint density at radius 1 is 1.30 bits per heavy atom. The monoisotopic (exact) mass is 332 g/mol. The van der Waals surface area contributed by atoms with Crippen molar-refractivity contribution >= 4 is 23.4 Å². The van der Waals surface area contributed by atoms with Crippen LogP contribution in [0.4, 0.5) is 5.69 Å². The number of carbonyl (C=O) groups is 1. The molecular formula is C17H24N4OS. The van der Waals surface area contributed by atoms with Gasteiger partial charge in [-0.2, -0.15) is 0 Å². The Morgan fingerprint density at radius 2 is 2.00 bits per heavy atom. The number of hydrogen-bond acceptors (Lipinski definition) is 4. The number of aromatic nitrogens is 3. The first-order valence-electron chi connectivity index (χ1n) is 7.86. The lowest BCUT2D eigenvalue weighted by Gasteiger charge is -2.17. The van der Waals surface area contributed by atoms with Crippen LogP contribution in [0.15, 0.2) is 29.4 Å². The molecule has 0 saturated heterocycles. The molecule has 0 fully saturated rings. The summed E-state index contributed by atoms with van der Waals surface area (Å²) >= 11 is 1.42. The van der Waals surface area contributed by atoms with Crippen LogP contribution >= 0.6 is 11.8 Å². The first-order valence-corrected chi connectivity index (χ1v) is 8.74. The number of thioether (sulfide) groups is 1. The van der Waals surface area contributed by atoms with Gasteiger partial charge < -0.3 is 9.88 Å². The zero-order valence-corrected chi connectivity index (χ0v) is 15.1. The van der Waals surface area contributed by atoms with Crippen molar-refractivity contribution in [2.24, 2.45) is 7.05 Å². The number of para-hydroxylation sites is 1. The predicted octanol–water partition coefficient (Wildman–Crippen LogP) is 3.76. The summed E-state index contributed by atoms with van der Waals surface area (Å²) in [7, 11) is 1.90. The van der Waals surface area contributed by atoms with Gasteiger partial charge in [-0.15, -0.1) is 10.2 Å². The van der Waals surface area contributed by atoms with Crippen LogP contribution in [0.2, 0.25) is 0 Å². The van der Waals surface area contributed by atoms with Gasteiger partial charge in [-0.25, -0.2) is 0 Å². The average Bonchev–Trinajstić information content (AvgIpc) is 2.86. The summed E-state index contributed by atoms with van der Waals surface area (Å²) < 4.78 is 1.89. The van der Waals surface area contributed by atoms with Gasteiger partial charge in [0.05, 0.1) is 5.25 Å². The molecular weight excluding hydrogens is 308 g/mol. The van der Waals surface area contributed by atoms with Crippen LogP contribution in [0, 0.1) is 6.92 Å². The van der Waals surface area contributed by atoms with Crippen molar-refractivity contribution in [3.8, 4) is 0 Å². The first-order chi connectivity index (χ1) is 10.9. The molecule has 1 heterocycles. The second kappa shape index (κ2) is 7.64. The number of aryl methyl sites for hydroxylation is 1. The van der Waals surface area contributed by atoms with Crippen molar-refractivity contribution in [1.29, 1.82) is 0 Å². The maximum atomic E-state index is 12.5. The lowest BCUT2D eigenvalue weighted by molar-refractivity contribution is -0.115. The van der Waals surface area contributed by atoms with Crippen LogP contribution in [0.5, 0.6) is 0 Å². The third kappa shape index (κ3) is 4.13. The highest BCUT2D eigenvalue weighted by atomic mass is 32.2. The summed E-state index contributed by atoms with van der Waals surface area (Å²) in [6, 6.07) is 8.00. The predicted molar refractivity (Wildman–Crippen MR) is 94.8 cm³/mol. The van der Waals surface area contributed by atoms with Crippen LogP contribution in [0.25, 0.3) is 0 Å². The third-order valence-electron chi connectivity index (χ3n) is 4.07. The highest BCUT2D eigenvalue weighted by Gasteiger charge is 2.19. The summed E-state index contributed by atoms with van der Waals surface area (Å²) in [5.74, 6) is 1.23. The Bertz CT molecular complexity index is 683. The maximum absolute atomic E-state index is 12.5. The molecule has 124 valence electrons. The van der Waals surface area contributed by atoms with E-state index in [1.807, 2.05) is 43.7 Å². The van der Waals surface area contributed by atoms with Crippen LogP contribution in [0.3, 0.4) is 0 Å². The fourth-order valence-corrected chi connectivity index (χ4v) is 3.06. The molecule has 2 rings (SSSR count). The SMILES string of the molecule is CC[C@@H](C)c1ccccc1NC(=O)[C@@H](C)Sc1nnc(C)n1C.